The lowest BCUT2D eigenvalue weighted by Crippen LogP contribution is -2.47. The van der Waals surface area contributed by atoms with Crippen molar-refractivity contribution in [3.8, 4) is 0 Å². The number of imidazole rings is 1. The first-order chi connectivity index (χ1) is 8.05. The van der Waals surface area contributed by atoms with Gasteiger partial charge in [0.2, 0.25) is 0 Å². The molecule has 4 nitrogen and oxygen atoms in total. The van der Waals surface area contributed by atoms with Crippen LogP contribution in [0.5, 0.6) is 0 Å². The largest absolute Gasteiger partial charge is 0.375 e. The Labute approximate surface area is 103 Å². The molecule has 0 aromatic carbocycles. The van der Waals surface area contributed by atoms with Crippen molar-refractivity contribution in [2.24, 2.45) is 0 Å². The predicted molar refractivity (Wildman–Crippen MR) is 67.9 cm³/mol. The number of aromatic nitrogens is 2. The van der Waals surface area contributed by atoms with Crippen LogP contribution >= 0.6 is 0 Å². The van der Waals surface area contributed by atoms with E-state index >= 15 is 0 Å². The second-order valence-corrected chi connectivity index (χ2v) is 5.63. The summed E-state index contributed by atoms with van der Waals surface area (Å²) in [6.07, 6.45) is 7.89. The van der Waals surface area contributed by atoms with Crippen molar-refractivity contribution in [2.45, 2.75) is 57.8 Å². The molecule has 1 aliphatic heterocycles. The van der Waals surface area contributed by atoms with Gasteiger partial charge in [-0.3, -0.25) is 0 Å². The summed E-state index contributed by atoms with van der Waals surface area (Å²) in [6, 6.07) is 1.03. The zero-order valence-corrected chi connectivity index (χ0v) is 11.0. The average Bonchev–Trinajstić information content (AvgIpc) is 2.68. The van der Waals surface area contributed by atoms with E-state index in [2.05, 4.69) is 35.6 Å². The van der Waals surface area contributed by atoms with Crippen molar-refractivity contribution in [1.82, 2.24) is 14.9 Å². The number of hydrogen-bond donors (Lipinski definition) is 1. The van der Waals surface area contributed by atoms with Crippen LogP contribution in [0.15, 0.2) is 18.7 Å². The number of nitrogens with zero attached hydrogens (tertiary/aromatic N) is 2. The van der Waals surface area contributed by atoms with Crippen molar-refractivity contribution in [3.05, 3.63) is 18.7 Å². The molecule has 2 rings (SSSR count). The Hall–Kier alpha value is -0.870. The van der Waals surface area contributed by atoms with Crippen molar-refractivity contribution < 1.29 is 4.74 Å². The van der Waals surface area contributed by atoms with Crippen LogP contribution in [-0.2, 0) is 11.3 Å². The fourth-order valence-electron chi connectivity index (χ4n) is 2.54. The molecule has 4 heteroatoms. The highest BCUT2D eigenvalue weighted by atomic mass is 16.5. The normalized spacial score (nSPS) is 25.7. The van der Waals surface area contributed by atoms with Crippen LogP contribution in [-0.4, -0.2) is 33.8 Å². The Balaban J connectivity index is 1.80. The molecule has 0 spiro atoms. The van der Waals surface area contributed by atoms with Gasteiger partial charge in [-0.05, 0) is 33.6 Å². The van der Waals surface area contributed by atoms with Gasteiger partial charge in [-0.25, -0.2) is 4.98 Å². The summed E-state index contributed by atoms with van der Waals surface area (Å²) in [5, 5.41) is 3.68. The molecule has 0 amide bonds. The SMILES string of the molecule is CC(Cn1ccnc1)NC1CCOC(C)(C)C1. The summed E-state index contributed by atoms with van der Waals surface area (Å²) in [5.41, 5.74) is 0.0185. The second-order valence-electron chi connectivity index (χ2n) is 5.63. The zero-order valence-electron chi connectivity index (χ0n) is 11.0. The van der Waals surface area contributed by atoms with E-state index in [0.29, 0.717) is 12.1 Å². The van der Waals surface area contributed by atoms with Crippen molar-refractivity contribution >= 4 is 0 Å². The van der Waals surface area contributed by atoms with E-state index in [1.165, 1.54) is 0 Å². The third-order valence-electron chi connectivity index (χ3n) is 3.26. The lowest BCUT2D eigenvalue weighted by Gasteiger charge is -2.37. The standard InChI is InChI=1S/C13H23N3O/c1-11(9-16-6-5-14-10-16)15-12-4-7-17-13(2,3)8-12/h5-6,10-12,15H,4,7-9H2,1-3H3. The van der Waals surface area contributed by atoms with Gasteiger partial charge in [-0.15, -0.1) is 0 Å². The van der Waals surface area contributed by atoms with E-state index < -0.39 is 0 Å². The molecular weight excluding hydrogens is 214 g/mol. The van der Waals surface area contributed by atoms with Crippen molar-refractivity contribution in [2.75, 3.05) is 6.61 Å². The molecule has 96 valence electrons. The molecule has 1 aromatic heterocycles. The van der Waals surface area contributed by atoms with Crippen LogP contribution in [0.3, 0.4) is 0 Å². The first-order valence-electron chi connectivity index (χ1n) is 6.41. The summed E-state index contributed by atoms with van der Waals surface area (Å²) in [5.74, 6) is 0. The lowest BCUT2D eigenvalue weighted by molar-refractivity contribution is -0.0641. The van der Waals surface area contributed by atoms with Crippen molar-refractivity contribution in [3.63, 3.8) is 0 Å². The fourth-order valence-corrected chi connectivity index (χ4v) is 2.54. The van der Waals surface area contributed by atoms with Gasteiger partial charge in [0.25, 0.3) is 0 Å². The van der Waals surface area contributed by atoms with Gasteiger partial charge in [0, 0.05) is 37.6 Å². The van der Waals surface area contributed by atoms with Crippen LogP contribution in [0.2, 0.25) is 0 Å². The molecule has 0 bridgehead atoms. The van der Waals surface area contributed by atoms with Crippen LogP contribution in [0.25, 0.3) is 0 Å². The molecule has 2 unspecified atom stereocenters. The highest BCUT2D eigenvalue weighted by molar-refractivity contribution is 4.85. The van der Waals surface area contributed by atoms with Crippen LogP contribution < -0.4 is 5.32 Å². The minimum atomic E-state index is 0.0185. The van der Waals surface area contributed by atoms with Crippen LogP contribution in [0, 0.1) is 0 Å². The Kier molecular flexibility index (Phi) is 3.84. The van der Waals surface area contributed by atoms with Gasteiger partial charge in [0.05, 0.1) is 11.9 Å². The van der Waals surface area contributed by atoms with Gasteiger partial charge in [-0.2, -0.15) is 0 Å². The maximum atomic E-state index is 5.73. The molecule has 1 aromatic rings. The van der Waals surface area contributed by atoms with Gasteiger partial charge < -0.3 is 14.6 Å². The van der Waals surface area contributed by atoms with Crippen LogP contribution in [0.1, 0.15) is 33.6 Å². The molecule has 1 aliphatic rings. The predicted octanol–water partition coefficient (Wildman–Crippen LogP) is 1.82. The van der Waals surface area contributed by atoms with E-state index in [1.54, 1.807) is 0 Å². The van der Waals surface area contributed by atoms with E-state index in [-0.39, 0.29) is 5.60 Å². The van der Waals surface area contributed by atoms with E-state index in [1.807, 2.05) is 18.7 Å². The molecule has 1 saturated heterocycles. The smallest absolute Gasteiger partial charge is 0.0946 e. The van der Waals surface area contributed by atoms with Gasteiger partial charge >= 0.3 is 0 Å². The molecule has 2 heterocycles. The van der Waals surface area contributed by atoms with E-state index in [0.717, 1.165) is 26.0 Å². The number of ether oxygens (including phenoxy) is 1. The molecular formula is C13H23N3O. The van der Waals surface area contributed by atoms with Crippen molar-refractivity contribution in [1.29, 1.82) is 0 Å². The summed E-state index contributed by atoms with van der Waals surface area (Å²) in [7, 11) is 0. The van der Waals surface area contributed by atoms with E-state index in [9.17, 15) is 0 Å². The minimum Gasteiger partial charge on any atom is -0.375 e. The number of hydrogen-bond acceptors (Lipinski definition) is 3. The summed E-state index contributed by atoms with van der Waals surface area (Å²) < 4.78 is 7.84. The van der Waals surface area contributed by atoms with Gasteiger partial charge in [0.15, 0.2) is 0 Å². The summed E-state index contributed by atoms with van der Waals surface area (Å²) in [6.45, 7) is 8.39. The third-order valence-corrected chi connectivity index (χ3v) is 3.26. The Morgan fingerprint density at radius 2 is 2.41 bits per heavy atom. The maximum Gasteiger partial charge on any atom is 0.0946 e. The van der Waals surface area contributed by atoms with Gasteiger partial charge in [-0.1, -0.05) is 0 Å². The quantitative estimate of drug-likeness (QED) is 0.868. The molecule has 17 heavy (non-hydrogen) atoms. The van der Waals surface area contributed by atoms with E-state index in [4.69, 9.17) is 4.74 Å². The summed E-state index contributed by atoms with van der Waals surface area (Å²) in [4.78, 5) is 4.06. The first kappa shape index (κ1) is 12.6. The Morgan fingerprint density at radius 1 is 1.59 bits per heavy atom. The van der Waals surface area contributed by atoms with Crippen LogP contribution in [0.4, 0.5) is 0 Å². The molecule has 1 fully saturated rings. The third kappa shape index (κ3) is 3.82. The molecule has 0 saturated carbocycles. The number of nitrogens with one attached hydrogen (secondary N) is 1. The maximum absolute atomic E-state index is 5.73. The highest BCUT2D eigenvalue weighted by Crippen LogP contribution is 2.24. The Morgan fingerprint density at radius 3 is 3.06 bits per heavy atom. The molecule has 2 atom stereocenters. The summed E-state index contributed by atoms with van der Waals surface area (Å²) >= 11 is 0. The highest BCUT2D eigenvalue weighted by Gasteiger charge is 2.29. The first-order valence-corrected chi connectivity index (χ1v) is 6.41. The number of rotatable bonds is 4. The van der Waals surface area contributed by atoms with Gasteiger partial charge in [0.1, 0.15) is 0 Å². The monoisotopic (exact) mass is 237 g/mol. The zero-order chi connectivity index (χ0) is 12.3. The average molecular weight is 237 g/mol. The molecule has 0 aliphatic carbocycles. The Bertz CT molecular complexity index is 334. The molecule has 0 radical (unpaired) electrons. The second kappa shape index (κ2) is 5.19. The lowest BCUT2D eigenvalue weighted by atomic mass is 9.93. The molecule has 1 N–H and O–H groups in total. The topological polar surface area (TPSA) is 39.1 Å². The fraction of sp³-hybridized carbons (Fsp3) is 0.769. The minimum absolute atomic E-state index is 0.0185.